The van der Waals surface area contributed by atoms with Crippen molar-refractivity contribution in [3.63, 3.8) is 0 Å². The Labute approximate surface area is 109 Å². The van der Waals surface area contributed by atoms with E-state index in [0.717, 1.165) is 25.9 Å². The lowest BCUT2D eigenvalue weighted by Crippen LogP contribution is -2.40. The van der Waals surface area contributed by atoms with E-state index in [2.05, 4.69) is 43.4 Å². The summed E-state index contributed by atoms with van der Waals surface area (Å²) < 4.78 is 0. The molecule has 18 heavy (non-hydrogen) atoms. The van der Waals surface area contributed by atoms with E-state index in [1.165, 1.54) is 5.56 Å². The molecule has 1 aromatic rings. The summed E-state index contributed by atoms with van der Waals surface area (Å²) in [6.45, 7) is 6.04. The van der Waals surface area contributed by atoms with Crippen molar-refractivity contribution in [1.29, 1.82) is 0 Å². The van der Waals surface area contributed by atoms with Gasteiger partial charge < -0.3 is 10.2 Å². The highest BCUT2D eigenvalue weighted by Crippen LogP contribution is 2.14. The number of benzene rings is 1. The molecular formula is C15H22N2O. The van der Waals surface area contributed by atoms with Gasteiger partial charge in [-0.2, -0.15) is 0 Å². The first-order valence-electron chi connectivity index (χ1n) is 6.75. The second-order valence-electron chi connectivity index (χ2n) is 5.14. The predicted octanol–water partition coefficient (Wildman–Crippen LogP) is 2.35. The van der Waals surface area contributed by atoms with Crippen LogP contribution in [0.5, 0.6) is 0 Å². The summed E-state index contributed by atoms with van der Waals surface area (Å²) in [4.78, 5) is 13.5. The first-order chi connectivity index (χ1) is 8.66. The molecule has 1 aliphatic rings. The van der Waals surface area contributed by atoms with Crippen LogP contribution in [0.25, 0.3) is 0 Å². The molecule has 1 aliphatic heterocycles. The molecule has 1 N–H and O–H groups in total. The van der Waals surface area contributed by atoms with Crippen LogP contribution in [0.2, 0.25) is 0 Å². The second kappa shape index (κ2) is 6.01. The van der Waals surface area contributed by atoms with Gasteiger partial charge in [-0.3, -0.25) is 4.79 Å². The first-order valence-corrected chi connectivity index (χ1v) is 6.75. The Morgan fingerprint density at radius 2 is 2.00 bits per heavy atom. The van der Waals surface area contributed by atoms with Crippen LogP contribution in [-0.4, -0.2) is 29.9 Å². The van der Waals surface area contributed by atoms with Gasteiger partial charge in [0.05, 0.1) is 0 Å². The van der Waals surface area contributed by atoms with E-state index in [4.69, 9.17) is 0 Å². The third kappa shape index (κ3) is 3.33. The largest absolute Gasteiger partial charge is 0.341 e. The van der Waals surface area contributed by atoms with Crippen LogP contribution in [-0.2, 0) is 4.79 Å². The Hall–Kier alpha value is -1.35. The van der Waals surface area contributed by atoms with Crippen molar-refractivity contribution in [3.05, 3.63) is 35.9 Å². The van der Waals surface area contributed by atoms with E-state index in [-0.39, 0.29) is 0 Å². The fraction of sp³-hybridized carbons (Fsp3) is 0.533. The lowest BCUT2D eigenvalue weighted by Gasteiger charge is -2.25. The number of likely N-dealkylation sites (tertiary alicyclic amines) is 1. The van der Waals surface area contributed by atoms with Crippen molar-refractivity contribution in [2.24, 2.45) is 0 Å². The highest BCUT2D eigenvalue weighted by molar-refractivity contribution is 5.78. The van der Waals surface area contributed by atoms with E-state index >= 15 is 0 Å². The number of hydrogen-bond acceptors (Lipinski definition) is 2. The van der Waals surface area contributed by atoms with Gasteiger partial charge >= 0.3 is 0 Å². The standard InChI is InChI=1S/C15H22N2O/c1-12(11-17-10-6-9-15(17)18)16-13(2)14-7-4-3-5-8-14/h3-5,7-8,12-13,16H,6,9-11H2,1-2H3. The smallest absolute Gasteiger partial charge is 0.222 e. The van der Waals surface area contributed by atoms with Crippen molar-refractivity contribution in [2.75, 3.05) is 13.1 Å². The molecule has 2 atom stereocenters. The quantitative estimate of drug-likeness (QED) is 0.865. The van der Waals surface area contributed by atoms with Crippen LogP contribution in [0.3, 0.4) is 0 Å². The molecule has 2 unspecified atom stereocenters. The molecule has 0 aliphatic carbocycles. The van der Waals surface area contributed by atoms with Crippen molar-refractivity contribution >= 4 is 5.91 Å². The molecule has 1 amide bonds. The van der Waals surface area contributed by atoms with Gasteiger partial charge in [0.25, 0.3) is 0 Å². The summed E-state index contributed by atoms with van der Waals surface area (Å²) in [5.74, 6) is 0.302. The fourth-order valence-corrected chi connectivity index (χ4v) is 2.55. The first kappa shape index (κ1) is 13.1. The van der Waals surface area contributed by atoms with E-state index in [0.29, 0.717) is 18.0 Å². The summed E-state index contributed by atoms with van der Waals surface area (Å²) in [5.41, 5.74) is 1.29. The maximum Gasteiger partial charge on any atom is 0.222 e. The lowest BCUT2D eigenvalue weighted by atomic mass is 10.1. The maximum atomic E-state index is 11.6. The average molecular weight is 246 g/mol. The molecule has 1 saturated heterocycles. The zero-order chi connectivity index (χ0) is 13.0. The molecule has 1 aromatic carbocycles. The van der Waals surface area contributed by atoms with Gasteiger partial charge in [-0.1, -0.05) is 30.3 Å². The molecule has 1 fully saturated rings. The number of nitrogens with one attached hydrogen (secondary N) is 1. The molecule has 0 radical (unpaired) electrons. The van der Waals surface area contributed by atoms with Crippen LogP contribution in [0.4, 0.5) is 0 Å². The van der Waals surface area contributed by atoms with Gasteiger partial charge in [-0.15, -0.1) is 0 Å². The lowest BCUT2D eigenvalue weighted by molar-refractivity contribution is -0.127. The van der Waals surface area contributed by atoms with Crippen molar-refractivity contribution in [1.82, 2.24) is 10.2 Å². The molecule has 3 nitrogen and oxygen atoms in total. The van der Waals surface area contributed by atoms with Crippen LogP contribution in [0.15, 0.2) is 30.3 Å². The van der Waals surface area contributed by atoms with E-state index in [1.807, 2.05) is 11.0 Å². The van der Waals surface area contributed by atoms with Crippen LogP contribution in [0.1, 0.15) is 38.3 Å². The maximum absolute atomic E-state index is 11.6. The Morgan fingerprint density at radius 3 is 2.61 bits per heavy atom. The van der Waals surface area contributed by atoms with Gasteiger partial charge in [0.2, 0.25) is 5.91 Å². The number of carbonyl (C=O) groups is 1. The Bertz CT molecular complexity index is 391. The fourth-order valence-electron chi connectivity index (χ4n) is 2.55. The average Bonchev–Trinajstić information content (AvgIpc) is 2.76. The van der Waals surface area contributed by atoms with Crippen molar-refractivity contribution < 1.29 is 4.79 Å². The summed E-state index contributed by atoms with van der Waals surface area (Å²) in [7, 11) is 0. The topological polar surface area (TPSA) is 32.3 Å². The molecular weight excluding hydrogens is 224 g/mol. The van der Waals surface area contributed by atoms with Gasteiger partial charge in [0.1, 0.15) is 0 Å². The number of hydrogen-bond donors (Lipinski definition) is 1. The van der Waals surface area contributed by atoms with E-state index in [9.17, 15) is 4.79 Å². The number of rotatable bonds is 5. The molecule has 0 bridgehead atoms. The van der Waals surface area contributed by atoms with Crippen LogP contribution in [0, 0.1) is 0 Å². The Balaban J connectivity index is 1.84. The zero-order valence-corrected chi connectivity index (χ0v) is 11.2. The third-order valence-corrected chi connectivity index (χ3v) is 3.50. The highest BCUT2D eigenvalue weighted by atomic mass is 16.2. The molecule has 2 rings (SSSR count). The molecule has 0 saturated carbocycles. The second-order valence-corrected chi connectivity index (χ2v) is 5.14. The normalized spacial score (nSPS) is 19.0. The van der Waals surface area contributed by atoms with Gasteiger partial charge in [-0.05, 0) is 25.8 Å². The number of nitrogens with zero attached hydrogens (tertiary/aromatic N) is 1. The number of amides is 1. The summed E-state index contributed by atoms with van der Waals surface area (Å²) in [6.07, 6.45) is 1.74. The molecule has 98 valence electrons. The summed E-state index contributed by atoms with van der Waals surface area (Å²) in [6, 6.07) is 11.0. The predicted molar refractivity (Wildman–Crippen MR) is 73.3 cm³/mol. The molecule has 0 spiro atoms. The SMILES string of the molecule is CC(CN1CCCC1=O)NC(C)c1ccccc1. The minimum atomic E-state index is 0.302. The Morgan fingerprint density at radius 1 is 1.28 bits per heavy atom. The molecule has 3 heteroatoms. The minimum Gasteiger partial charge on any atom is -0.341 e. The highest BCUT2D eigenvalue weighted by Gasteiger charge is 2.22. The van der Waals surface area contributed by atoms with E-state index in [1.54, 1.807) is 0 Å². The summed E-state index contributed by atoms with van der Waals surface area (Å²) >= 11 is 0. The monoisotopic (exact) mass is 246 g/mol. The molecule has 1 heterocycles. The minimum absolute atomic E-state index is 0.302. The molecule has 0 aromatic heterocycles. The van der Waals surface area contributed by atoms with Gasteiger partial charge in [0.15, 0.2) is 0 Å². The van der Waals surface area contributed by atoms with Gasteiger partial charge in [-0.25, -0.2) is 0 Å². The van der Waals surface area contributed by atoms with Gasteiger partial charge in [0, 0.05) is 31.6 Å². The number of carbonyl (C=O) groups excluding carboxylic acids is 1. The third-order valence-electron chi connectivity index (χ3n) is 3.50. The van der Waals surface area contributed by atoms with E-state index < -0.39 is 0 Å². The van der Waals surface area contributed by atoms with Crippen molar-refractivity contribution in [2.45, 2.75) is 38.8 Å². The van der Waals surface area contributed by atoms with Crippen molar-refractivity contribution in [3.8, 4) is 0 Å². The van der Waals surface area contributed by atoms with Crippen LogP contribution >= 0.6 is 0 Å². The zero-order valence-electron chi connectivity index (χ0n) is 11.2. The van der Waals surface area contributed by atoms with Crippen LogP contribution < -0.4 is 5.32 Å². The Kier molecular flexibility index (Phi) is 4.37. The summed E-state index contributed by atoms with van der Waals surface area (Å²) in [5, 5.41) is 3.55.